The molecule has 0 radical (unpaired) electrons. The number of halogens is 2. The molecular formula is C23H24F2N6. The zero-order valence-electron chi connectivity index (χ0n) is 17.7. The molecule has 0 aliphatic rings. The fourth-order valence-electron chi connectivity index (χ4n) is 3.25. The van der Waals surface area contributed by atoms with Gasteiger partial charge in [0.1, 0.15) is 17.5 Å². The van der Waals surface area contributed by atoms with Crippen molar-refractivity contribution in [3.63, 3.8) is 0 Å². The van der Waals surface area contributed by atoms with Crippen LogP contribution in [0.1, 0.15) is 30.4 Å². The number of aryl methyl sites for hydroxylation is 1. The van der Waals surface area contributed by atoms with E-state index in [4.69, 9.17) is 0 Å². The van der Waals surface area contributed by atoms with Gasteiger partial charge in [0.15, 0.2) is 5.82 Å². The fraction of sp³-hybridized carbons (Fsp3) is 0.261. The van der Waals surface area contributed by atoms with Gasteiger partial charge in [-0.25, -0.2) is 8.78 Å². The zero-order chi connectivity index (χ0) is 22.0. The summed E-state index contributed by atoms with van der Waals surface area (Å²) in [4.78, 5) is 5.28. The lowest BCUT2D eigenvalue weighted by Gasteiger charge is -2.18. The molecule has 31 heavy (non-hydrogen) atoms. The lowest BCUT2D eigenvalue weighted by molar-refractivity contribution is 0.298. The number of hydrogen-bond donors (Lipinski definition) is 2. The third kappa shape index (κ3) is 4.69. The van der Waals surface area contributed by atoms with Crippen molar-refractivity contribution in [3.05, 3.63) is 65.1 Å². The monoisotopic (exact) mass is 422 g/mol. The summed E-state index contributed by atoms with van der Waals surface area (Å²) in [6.07, 6.45) is 5.29. The molecule has 2 heterocycles. The van der Waals surface area contributed by atoms with Gasteiger partial charge in [-0.05, 0) is 57.3 Å². The van der Waals surface area contributed by atoms with Gasteiger partial charge in [-0.1, -0.05) is 18.2 Å². The summed E-state index contributed by atoms with van der Waals surface area (Å²) >= 11 is 0. The predicted molar refractivity (Wildman–Crippen MR) is 118 cm³/mol. The van der Waals surface area contributed by atoms with Crippen LogP contribution in [0.3, 0.4) is 0 Å². The minimum absolute atomic E-state index is 0.287. The van der Waals surface area contributed by atoms with Gasteiger partial charge in [0.05, 0.1) is 16.8 Å². The molecule has 2 aromatic heterocycles. The molecule has 0 amide bonds. The predicted octanol–water partition coefficient (Wildman–Crippen LogP) is 4.68. The molecule has 4 aromatic rings. The second-order valence-corrected chi connectivity index (χ2v) is 7.84. The van der Waals surface area contributed by atoms with Crippen molar-refractivity contribution in [2.24, 2.45) is 0 Å². The summed E-state index contributed by atoms with van der Waals surface area (Å²) in [5.41, 5.74) is 2.41. The van der Waals surface area contributed by atoms with Crippen LogP contribution in [0.15, 0.2) is 36.4 Å². The first kappa shape index (κ1) is 20.9. The van der Waals surface area contributed by atoms with Gasteiger partial charge >= 0.3 is 0 Å². The van der Waals surface area contributed by atoms with E-state index in [-0.39, 0.29) is 5.82 Å². The normalized spacial score (nSPS) is 13.0. The van der Waals surface area contributed by atoms with Crippen LogP contribution in [-0.4, -0.2) is 50.4 Å². The van der Waals surface area contributed by atoms with E-state index < -0.39 is 5.82 Å². The Labute approximate surface area is 179 Å². The highest BCUT2D eigenvalue weighted by Gasteiger charge is 2.15. The Kier molecular flexibility index (Phi) is 5.90. The third-order valence-corrected chi connectivity index (χ3v) is 5.45. The number of rotatable bonds is 7. The highest BCUT2D eigenvalue weighted by atomic mass is 19.1. The second-order valence-electron chi connectivity index (χ2n) is 7.84. The molecule has 2 N–H and O–H groups in total. The molecule has 0 bridgehead atoms. The molecule has 1 unspecified atom stereocenters. The van der Waals surface area contributed by atoms with Crippen LogP contribution in [0, 0.1) is 11.6 Å². The zero-order valence-corrected chi connectivity index (χ0v) is 17.7. The van der Waals surface area contributed by atoms with Crippen LogP contribution >= 0.6 is 0 Å². The fourth-order valence-corrected chi connectivity index (χ4v) is 3.25. The molecule has 0 fully saturated rings. The van der Waals surface area contributed by atoms with Crippen molar-refractivity contribution in [2.75, 3.05) is 14.1 Å². The molecular weight excluding hydrogens is 398 g/mol. The van der Waals surface area contributed by atoms with E-state index in [1.54, 1.807) is 18.2 Å². The molecule has 0 aliphatic carbocycles. The van der Waals surface area contributed by atoms with E-state index in [9.17, 15) is 8.78 Å². The molecule has 4 rings (SSSR count). The molecule has 6 nitrogen and oxygen atoms in total. The van der Waals surface area contributed by atoms with Gasteiger partial charge in [0, 0.05) is 23.9 Å². The highest BCUT2D eigenvalue weighted by Crippen LogP contribution is 2.27. The maximum Gasteiger partial charge on any atom is 0.164 e. The van der Waals surface area contributed by atoms with E-state index in [1.165, 1.54) is 18.2 Å². The number of hydrogen-bond acceptors (Lipinski definition) is 4. The third-order valence-electron chi connectivity index (χ3n) is 5.45. The van der Waals surface area contributed by atoms with Gasteiger partial charge in [-0.2, -0.15) is 5.10 Å². The average Bonchev–Trinajstić information content (AvgIpc) is 3.37. The lowest BCUT2D eigenvalue weighted by Crippen LogP contribution is -2.25. The van der Waals surface area contributed by atoms with Crippen LogP contribution in [0.4, 0.5) is 8.78 Å². The van der Waals surface area contributed by atoms with Crippen molar-refractivity contribution >= 4 is 23.1 Å². The number of nitrogens with one attached hydrogen (secondary N) is 2. The van der Waals surface area contributed by atoms with Crippen LogP contribution in [0.5, 0.6) is 0 Å². The lowest BCUT2D eigenvalue weighted by atomic mass is 10.1. The minimum atomic E-state index is -0.408. The SMILES string of the molecule is CC(CCc1nnc(-c2cc3c(/C=C/c4ccc(F)cc4)n[nH]c3cc2F)[nH]1)N(C)C. The Hall–Kier alpha value is -3.39. The minimum Gasteiger partial charge on any atom is -0.325 e. The number of benzene rings is 2. The summed E-state index contributed by atoms with van der Waals surface area (Å²) in [5, 5.41) is 16.2. The largest absolute Gasteiger partial charge is 0.325 e. The maximum atomic E-state index is 14.7. The van der Waals surface area contributed by atoms with Gasteiger partial charge in [-0.3, -0.25) is 5.10 Å². The van der Waals surface area contributed by atoms with Crippen LogP contribution in [0.25, 0.3) is 34.4 Å². The molecule has 0 saturated carbocycles. The van der Waals surface area contributed by atoms with Crippen LogP contribution < -0.4 is 0 Å². The quantitative estimate of drug-likeness (QED) is 0.454. The molecule has 0 spiro atoms. The summed E-state index contributed by atoms with van der Waals surface area (Å²) in [7, 11) is 4.07. The Morgan fingerprint density at radius 3 is 2.58 bits per heavy atom. The van der Waals surface area contributed by atoms with Crippen LogP contribution in [-0.2, 0) is 6.42 Å². The smallest absolute Gasteiger partial charge is 0.164 e. The first-order valence-corrected chi connectivity index (χ1v) is 10.1. The van der Waals surface area contributed by atoms with E-state index in [1.807, 2.05) is 26.2 Å². The van der Waals surface area contributed by atoms with Crippen LogP contribution in [0.2, 0.25) is 0 Å². The van der Waals surface area contributed by atoms with Crippen molar-refractivity contribution < 1.29 is 8.78 Å². The first-order valence-electron chi connectivity index (χ1n) is 10.1. The van der Waals surface area contributed by atoms with Crippen molar-refractivity contribution in [1.29, 1.82) is 0 Å². The summed E-state index contributed by atoms with van der Waals surface area (Å²) in [6, 6.07) is 9.68. The molecule has 160 valence electrons. The molecule has 2 aromatic carbocycles. The number of H-pyrrole nitrogens is 2. The number of fused-ring (bicyclic) bond motifs is 1. The van der Waals surface area contributed by atoms with Crippen molar-refractivity contribution in [3.8, 4) is 11.4 Å². The maximum absolute atomic E-state index is 14.7. The van der Waals surface area contributed by atoms with E-state index in [0.29, 0.717) is 28.6 Å². The highest BCUT2D eigenvalue weighted by molar-refractivity contribution is 5.92. The molecule has 0 saturated heterocycles. The Bertz CT molecular complexity index is 1210. The van der Waals surface area contributed by atoms with Gasteiger partial charge in [0.25, 0.3) is 0 Å². The van der Waals surface area contributed by atoms with Gasteiger partial charge in [-0.15, -0.1) is 10.2 Å². The number of aromatic amines is 2. The second kappa shape index (κ2) is 8.77. The number of nitrogens with zero attached hydrogens (tertiary/aromatic N) is 4. The Morgan fingerprint density at radius 1 is 1.06 bits per heavy atom. The van der Waals surface area contributed by atoms with Crippen molar-refractivity contribution in [1.82, 2.24) is 30.3 Å². The summed E-state index contributed by atoms with van der Waals surface area (Å²) in [5.74, 6) is 0.424. The first-order chi connectivity index (χ1) is 14.9. The Morgan fingerprint density at radius 2 is 1.84 bits per heavy atom. The summed E-state index contributed by atoms with van der Waals surface area (Å²) < 4.78 is 27.8. The Balaban J connectivity index is 1.60. The van der Waals surface area contributed by atoms with E-state index in [0.717, 1.165) is 29.6 Å². The average molecular weight is 422 g/mol. The van der Waals surface area contributed by atoms with Crippen molar-refractivity contribution in [2.45, 2.75) is 25.8 Å². The van der Waals surface area contributed by atoms with Gasteiger partial charge in [0.2, 0.25) is 0 Å². The molecule has 0 aliphatic heterocycles. The van der Waals surface area contributed by atoms with Gasteiger partial charge < -0.3 is 9.88 Å². The topological polar surface area (TPSA) is 73.5 Å². The molecule has 1 atom stereocenters. The van der Waals surface area contributed by atoms with E-state index in [2.05, 4.69) is 37.2 Å². The van der Waals surface area contributed by atoms with E-state index >= 15 is 0 Å². The summed E-state index contributed by atoms with van der Waals surface area (Å²) in [6.45, 7) is 2.14. The number of aromatic nitrogens is 5. The standard InChI is InChI=1S/C23H24F2N6/c1-14(31(2)3)4-11-22-26-23(30-29-22)17-12-18-20(27-28-21(18)13-19(17)25)10-7-15-5-8-16(24)9-6-15/h5-10,12-14H,4,11H2,1-3H3,(H,27,28)(H,26,29,30)/b10-7+. The molecule has 8 heteroatoms.